The van der Waals surface area contributed by atoms with Gasteiger partial charge in [-0.15, -0.1) is 0 Å². The molecular formula is C24H21ClN4O2S. The number of fused-ring (bicyclic) bond motifs is 1. The molecule has 8 heteroatoms. The molecule has 0 saturated heterocycles. The van der Waals surface area contributed by atoms with E-state index in [0.29, 0.717) is 21.7 Å². The molecule has 0 aliphatic carbocycles. The van der Waals surface area contributed by atoms with Crippen LogP contribution in [0.5, 0.6) is 0 Å². The third-order valence-electron chi connectivity index (χ3n) is 5.08. The number of nitrogens with zero attached hydrogens (tertiary/aromatic N) is 3. The summed E-state index contributed by atoms with van der Waals surface area (Å²) in [6.45, 7) is 5.68. The van der Waals surface area contributed by atoms with E-state index in [1.54, 1.807) is 42.0 Å². The first-order chi connectivity index (χ1) is 15.4. The highest BCUT2D eigenvalue weighted by Gasteiger charge is 2.22. The number of rotatable bonds is 5. The maximum absolute atomic E-state index is 13.5. The Balaban J connectivity index is 1.79. The summed E-state index contributed by atoms with van der Waals surface area (Å²) in [6.07, 6.45) is 1.55. The number of nitrogens with one attached hydrogen (secondary N) is 1. The van der Waals surface area contributed by atoms with Crippen molar-refractivity contribution in [1.82, 2.24) is 14.5 Å². The number of carbonyl (C=O) groups is 1. The van der Waals surface area contributed by atoms with Gasteiger partial charge in [-0.3, -0.25) is 14.2 Å². The summed E-state index contributed by atoms with van der Waals surface area (Å²) in [5.41, 5.74) is 3.53. The average Bonchev–Trinajstić information content (AvgIpc) is 2.77. The average molecular weight is 465 g/mol. The third-order valence-corrected chi connectivity index (χ3v) is 6.43. The minimum absolute atomic E-state index is 0.168. The normalized spacial score (nSPS) is 12.0. The second-order valence-corrected chi connectivity index (χ2v) is 9.05. The Labute approximate surface area is 194 Å². The van der Waals surface area contributed by atoms with Crippen molar-refractivity contribution in [3.8, 4) is 5.69 Å². The number of halogens is 1. The zero-order valence-corrected chi connectivity index (χ0v) is 19.4. The molecule has 6 nitrogen and oxygen atoms in total. The fraction of sp³-hybridized carbons (Fsp3) is 0.167. The Kier molecular flexibility index (Phi) is 6.30. The first kappa shape index (κ1) is 22.0. The topological polar surface area (TPSA) is 76.9 Å². The molecule has 4 rings (SSSR count). The smallest absolute Gasteiger partial charge is 0.266 e. The minimum Gasteiger partial charge on any atom is -0.322 e. The third kappa shape index (κ3) is 4.26. The lowest BCUT2D eigenvalue weighted by Gasteiger charge is -2.19. The van der Waals surface area contributed by atoms with E-state index in [1.807, 2.05) is 44.2 Å². The number of pyridine rings is 1. The molecule has 0 spiro atoms. The highest BCUT2D eigenvalue weighted by atomic mass is 35.5. The van der Waals surface area contributed by atoms with Gasteiger partial charge in [-0.2, -0.15) is 0 Å². The zero-order valence-electron chi connectivity index (χ0n) is 17.8. The van der Waals surface area contributed by atoms with Crippen LogP contribution in [0, 0.1) is 13.8 Å². The van der Waals surface area contributed by atoms with Gasteiger partial charge in [0.25, 0.3) is 5.56 Å². The van der Waals surface area contributed by atoms with Gasteiger partial charge >= 0.3 is 0 Å². The van der Waals surface area contributed by atoms with Crippen molar-refractivity contribution in [1.29, 1.82) is 0 Å². The van der Waals surface area contributed by atoms with Crippen LogP contribution in [-0.4, -0.2) is 25.7 Å². The van der Waals surface area contributed by atoms with E-state index in [1.165, 1.54) is 11.8 Å². The van der Waals surface area contributed by atoms with Crippen LogP contribution >= 0.6 is 23.4 Å². The molecule has 1 atom stereocenters. The Morgan fingerprint density at radius 3 is 2.50 bits per heavy atom. The van der Waals surface area contributed by atoms with Crippen LogP contribution in [0.4, 0.5) is 5.69 Å². The molecule has 0 fully saturated rings. The van der Waals surface area contributed by atoms with Crippen molar-refractivity contribution in [3.05, 3.63) is 87.4 Å². The molecule has 32 heavy (non-hydrogen) atoms. The number of amides is 1. The minimum atomic E-state index is -0.546. The number of anilines is 1. The second kappa shape index (κ2) is 9.14. The fourth-order valence-electron chi connectivity index (χ4n) is 3.47. The van der Waals surface area contributed by atoms with Crippen LogP contribution in [0.25, 0.3) is 16.6 Å². The van der Waals surface area contributed by atoms with Crippen LogP contribution in [-0.2, 0) is 4.79 Å². The summed E-state index contributed by atoms with van der Waals surface area (Å²) < 4.78 is 1.61. The lowest BCUT2D eigenvalue weighted by Crippen LogP contribution is -2.27. The molecule has 2 heterocycles. The Morgan fingerprint density at radius 2 is 1.78 bits per heavy atom. The number of hydrogen-bond donors (Lipinski definition) is 1. The number of benzene rings is 2. The molecule has 0 aliphatic rings. The van der Waals surface area contributed by atoms with E-state index in [4.69, 9.17) is 16.6 Å². The van der Waals surface area contributed by atoms with E-state index in [0.717, 1.165) is 16.8 Å². The number of carbonyl (C=O) groups excluding carboxylic acids is 1. The van der Waals surface area contributed by atoms with Crippen molar-refractivity contribution < 1.29 is 4.79 Å². The van der Waals surface area contributed by atoms with Crippen LogP contribution in [0.3, 0.4) is 0 Å². The van der Waals surface area contributed by atoms with E-state index >= 15 is 0 Å². The molecule has 0 radical (unpaired) electrons. The highest BCUT2D eigenvalue weighted by Crippen LogP contribution is 2.29. The predicted molar refractivity (Wildman–Crippen MR) is 130 cm³/mol. The number of aromatic nitrogens is 3. The molecule has 162 valence electrons. The molecule has 1 unspecified atom stereocenters. The Bertz CT molecular complexity index is 1370. The van der Waals surface area contributed by atoms with Gasteiger partial charge in [0.2, 0.25) is 5.91 Å². The molecule has 1 N–H and O–H groups in total. The van der Waals surface area contributed by atoms with E-state index in [-0.39, 0.29) is 16.6 Å². The van der Waals surface area contributed by atoms with Crippen LogP contribution < -0.4 is 10.9 Å². The summed E-state index contributed by atoms with van der Waals surface area (Å²) >= 11 is 7.29. The van der Waals surface area contributed by atoms with Gasteiger partial charge in [0.15, 0.2) is 10.3 Å². The van der Waals surface area contributed by atoms with E-state index in [9.17, 15) is 9.59 Å². The standard InChI is InChI=1S/C24H21ClN4O2S/c1-14-8-6-9-15(2)20(14)29-23(31)17-10-4-5-11-18(17)28-24(29)32-16(3)22(30)27-19-12-7-13-26-21(19)25/h4-13,16H,1-3H3,(H,27,30). The molecule has 2 aromatic heterocycles. The van der Waals surface area contributed by atoms with Crippen LogP contribution in [0.15, 0.2) is 70.7 Å². The fourth-order valence-corrected chi connectivity index (χ4v) is 4.55. The number of para-hydroxylation sites is 2. The van der Waals surface area contributed by atoms with Crippen molar-refractivity contribution in [3.63, 3.8) is 0 Å². The lowest BCUT2D eigenvalue weighted by molar-refractivity contribution is -0.115. The van der Waals surface area contributed by atoms with Gasteiger partial charge in [-0.25, -0.2) is 9.97 Å². The molecule has 0 aliphatic heterocycles. The summed E-state index contributed by atoms with van der Waals surface area (Å²) in [5, 5.41) is 3.44. The summed E-state index contributed by atoms with van der Waals surface area (Å²) in [4.78, 5) is 35.1. The monoisotopic (exact) mass is 464 g/mol. The summed E-state index contributed by atoms with van der Waals surface area (Å²) in [7, 11) is 0. The number of thioether (sulfide) groups is 1. The maximum Gasteiger partial charge on any atom is 0.266 e. The van der Waals surface area contributed by atoms with E-state index < -0.39 is 5.25 Å². The zero-order chi connectivity index (χ0) is 22.8. The van der Waals surface area contributed by atoms with Crippen molar-refractivity contribution >= 4 is 45.9 Å². The maximum atomic E-state index is 13.5. The highest BCUT2D eigenvalue weighted by molar-refractivity contribution is 8.00. The quantitative estimate of drug-likeness (QED) is 0.250. The number of hydrogen-bond acceptors (Lipinski definition) is 5. The largest absolute Gasteiger partial charge is 0.322 e. The SMILES string of the molecule is Cc1cccc(C)c1-n1c(SC(C)C(=O)Nc2cccnc2Cl)nc2ccccc2c1=O. The van der Waals surface area contributed by atoms with Crippen molar-refractivity contribution in [2.75, 3.05) is 5.32 Å². The van der Waals surface area contributed by atoms with Crippen molar-refractivity contribution in [2.24, 2.45) is 0 Å². The van der Waals surface area contributed by atoms with Gasteiger partial charge < -0.3 is 5.32 Å². The summed E-state index contributed by atoms with van der Waals surface area (Å²) in [5.74, 6) is -0.264. The van der Waals surface area contributed by atoms with Crippen LogP contribution in [0.1, 0.15) is 18.1 Å². The van der Waals surface area contributed by atoms with Gasteiger partial charge in [0, 0.05) is 6.20 Å². The molecule has 0 saturated carbocycles. The predicted octanol–water partition coefficient (Wildman–Crippen LogP) is 5.17. The first-order valence-electron chi connectivity index (χ1n) is 10.0. The number of aryl methyl sites for hydroxylation is 2. The van der Waals surface area contributed by atoms with Gasteiger partial charge in [0.05, 0.1) is 27.5 Å². The van der Waals surface area contributed by atoms with Crippen LogP contribution in [0.2, 0.25) is 5.15 Å². The summed E-state index contributed by atoms with van der Waals surface area (Å²) in [6, 6.07) is 16.5. The molecular weight excluding hydrogens is 444 g/mol. The molecule has 0 bridgehead atoms. The molecule has 4 aromatic rings. The Morgan fingerprint density at radius 1 is 1.06 bits per heavy atom. The lowest BCUT2D eigenvalue weighted by atomic mass is 10.1. The second-order valence-electron chi connectivity index (χ2n) is 7.38. The van der Waals surface area contributed by atoms with E-state index in [2.05, 4.69) is 10.3 Å². The first-order valence-corrected chi connectivity index (χ1v) is 11.3. The van der Waals surface area contributed by atoms with Gasteiger partial charge in [-0.05, 0) is 56.2 Å². The van der Waals surface area contributed by atoms with Gasteiger partial charge in [0.1, 0.15) is 0 Å². The van der Waals surface area contributed by atoms with Gasteiger partial charge in [-0.1, -0.05) is 53.7 Å². The van der Waals surface area contributed by atoms with Crippen molar-refractivity contribution in [2.45, 2.75) is 31.2 Å². The molecule has 1 amide bonds. The molecule has 2 aromatic carbocycles. The Hall–Kier alpha value is -3.16.